The third-order valence-corrected chi connectivity index (χ3v) is 3.76. The van der Waals surface area contributed by atoms with Crippen LogP contribution < -0.4 is 0 Å². The highest BCUT2D eigenvalue weighted by Crippen LogP contribution is 2.31. The van der Waals surface area contributed by atoms with E-state index in [4.69, 9.17) is 0 Å². The minimum absolute atomic E-state index is 0.639. The third-order valence-electron chi connectivity index (χ3n) is 3.76. The van der Waals surface area contributed by atoms with E-state index in [0.717, 1.165) is 0 Å². The van der Waals surface area contributed by atoms with Crippen molar-refractivity contribution in [2.45, 2.75) is 45.6 Å². The van der Waals surface area contributed by atoms with E-state index in [0.29, 0.717) is 12.0 Å². The van der Waals surface area contributed by atoms with Crippen LogP contribution in [0.15, 0.2) is 24.3 Å². The zero-order chi connectivity index (χ0) is 11.5. The molecule has 1 fully saturated rings. The topological polar surface area (TPSA) is 3.24 Å². The molecule has 0 saturated carbocycles. The summed E-state index contributed by atoms with van der Waals surface area (Å²) in [6.45, 7) is 9.22. The Bertz CT molecular complexity index is 326. The van der Waals surface area contributed by atoms with Gasteiger partial charge in [-0.25, -0.2) is 0 Å². The minimum atomic E-state index is 0.639. The molecule has 1 nitrogen and oxygen atoms in total. The van der Waals surface area contributed by atoms with E-state index >= 15 is 0 Å². The summed E-state index contributed by atoms with van der Waals surface area (Å²) in [6, 6.07) is 9.92. The maximum atomic E-state index is 2.59. The van der Waals surface area contributed by atoms with Crippen LogP contribution in [0.4, 0.5) is 0 Å². The first kappa shape index (κ1) is 11.7. The van der Waals surface area contributed by atoms with Gasteiger partial charge in [0.25, 0.3) is 0 Å². The second-order valence-electron chi connectivity index (χ2n) is 5.11. The lowest BCUT2D eigenvalue weighted by atomic mass is 9.98. The second kappa shape index (κ2) is 5.01. The van der Waals surface area contributed by atoms with Crippen molar-refractivity contribution in [1.29, 1.82) is 0 Å². The maximum Gasteiger partial charge on any atom is 0.0348 e. The van der Waals surface area contributed by atoms with Crippen molar-refractivity contribution in [3.05, 3.63) is 35.4 Å². The Morgan fingerprint density at radius 3 is 2.50 bits per heavy atom. The Morgan fingerprint density at radius 2 is 1.94 bits per heavy atom. The van der Waals surface area contributed by atoms with Gasteiger partial charge in [0.2, 0.25) is 0 Å². The lowest BCUT2D eigenvalue weighted by molar-refractivity contribution is 0.271. The highest BCUT2D eigenvalue weighted by Gasteiger charge is 2.24. The normalized spacial score (nSPS) is 21.9. The number of likely N-dealkylation sites (tertiary alicyclic amines) is 1. The summed E-state index contributed by atoms with van der Waals surface area (Å²) in [5.41, 5.74) is 2.95. The van der Waals surface area contributed by atoms with E-state index in [9.17, 15) is 0 Å². The molecule has 0 spiro atoms. The van der Waals surface area contributed by atoms with Gasteiger partial charge in [0, 0.05) is 6.04 Å². The highest BCUT2D eigenvalue weighted by molar-refractivity contribution is 5.27. The van der Waals surface area contributed by atoms with Crippen molar-refractivity contribution in [1.82, 2.24) is 4.90 Å². The monoisotopic (exact) mass is 217 g/mol. The molecule has 1 aliphatic rings. The largest absolute Gasteiger partial charge is 0.297 e. The molecule has 2 rings (SSSR count). The van der Waals surface area contributed by atoms with Gasteiger partial charge >= 0.3 is 0 Å². The average Bonchev–Trinajstić information content (AvgIpc) is 2.77. The minimum Gasteiger partial charge on any atom is -0.297 e. The molecule has 0 bridgehead atoms. The van der Waals surface area contributed by atoms with Crippen LogP contribution in [0.5, 0.6) is 0 Å². The Labute approximate surface area is 99.5 Å². The van der Waals surface area contributed by atoms with Gasteiger partial charge in [-0.05, 0) is 43.0 Å². The molecule has 1 aliphatic heterocycles. The molecule has 1 saturated heterocycles. The summed E-state index contributed by atoms with van der Waals surface area (Å²) in [4.78, 5) is 2.59. The molecule has 1 heteroatoms. The first-order valence-corrected chi connectivity index (χ1v) is 6.56. The summed E-state index contributed by atoms with van der Waals surface area (Å²) >= 11 is 0. The van der Waals surface area contributed by atoms with Crippen LogP contribution in [0.25, 0.3) is 0 Å². The van der Waals surface area contributed by atoms with Crippen LogP contribution in [-0.2, 0) is 0 Å². The van der Waals surface area contributed by atoms with Gasteiger partial charge < -0.3 is 0 Å². The van der Waals surface area contributed by atoms with Gasteiger partial charge in [-0.1, -0.05) is 45.0 Å². The van der Waals surface area contributed by atoms with Gasteiger partial charge in [-0.15, -0.1) is 0 Å². The predicted molar refractivity (Wildman–Crippen MR) is 69.8 cm³/mol. The van der Waals surface area contributed by atoms with Crippen molar-refractivity contribution in [2.75, 3.05) is 13.1 Å². The molecule has 1 heterocycles. The van der Waals surface area contributed by atoms with Crippen molar-refractivity contribution < 1.29 is 0 Å². The molecular formula is C15H23N. The van der Waals surface area contributed by atoms with Crippen molar-refractivity contribution in [3.63, 3.8) is 0 Å². The molecule has 0 aromatic heterocycles. The van der Waals surface area contributed by atoms with Crippen molar-refractivity contribution >= 4 is 0 Å². The van der Waals surface area contributed by atoms with Crippen LogP contribution in [0, 0.1) is 0 Å². The molecule has 1 aromatic carbocycles. The summed E-state index contributed by atoms with van der Waals surface area (Å²) in [5.74, 6) is 0.639. The lowest BCUT2D eigenvalue weighted by Gasteiger charge is -2.23. The number of nitrogens with zero attached hydrogens (tertiary/aromatic N) is 1. The van der Waals surface area contributed by atoms with Crippen LogP contribution in [-0.4, -0.2) is 18.0 Å². The highest BCUT2D eigenvalue weighted by atomic mass is 15.2. The van der Waals surface area contributed by atoms with Crippen molar-refractivity contribution in [2.24, 2.45) is 0 Å². The van der Waals surface area contributed by atoms with E-state index in [-0.39, 0.29) is 0 Å². The van der Waals surface area contributed by atoms with Crippen LogP contribution in [0.3, 0.4) is 0 Å². The fourth-order valence-electron chi connectivity index (χ4n) is 2.69. The molecule has 0 amide bonds. The number of hydrogen-bond acceptors (Lipinski definition) is 1. The molecule has 0 N–H and O–H groups in total. The summed E-state index contributed by atoms with van der Waals surface area (Å²) in [7, 11) is 0. The Morgan fingerprint density at radius 1 is 1.25 bits per heavy atom. The third kappa shape index (κ3) is 2.30. The maximum absolute atomic E-state index is 2.59. The summed E-state index contributed by atoms with van der Waals surface area (Å²) in [5, 5.41) is 0. The Balaban J connectivity index is 2.15. The smallest absolute Gasteiger partial charge is 0.0348 e. The molecule has 1 aromatic rings. The molecule has 1 unspecified atom stereocenters. The Hall–Kier alpha value is -0.820. The lowest BCUT2D eigenvalue weighted by Crippen LogP contribution is -2.22. The number of benzene rings is 1. The van der Waals surface area contributed by atoms with Crippen LogP contribution in [0.2, 0.25) is 0 Å². The summed E-state index contributed by atoms with van der Waals surface area (Å²) < 4.78 is 0. The van der Waals surface area contributed by atoms with E-state index in [1.165, 1.54) is 37.1 Å². The number of hydrogen-bond donors (Lipinski definition) is 0. The standard InChI is InChI=1S/C15H23N/c1-4-16-11-5-6-15(16)14-9-7-13(8-10-14)12(2)3/h7-10,12,15H,4-6,11H2,1-3H3. The van der Waals surface area contributed by atoms with E-state index in [1.807, 2.05) is 0 Å². The average molecular weight is 217 g/mol. The first-order valence-electron chi connectivity index (χ1n) is 6.56. The van der Waals surface area contributed by atoms with Crippen LogP contribution in [0.1, 0.15) is 56.7 Å². The van der Waals surface area contributed by atoms with Gasteiger partial charge in [0.15, 0.2) is 0 Å². The van der Waals surface area contributed by atoms with E-state index in [2.05, 4.69) is 49.9 Å². The van der Waals surface area contributed by atoms with E-state index in [1.54, 1.807) is 0 Å². The SMILES string of the molecule is CCN1CCCC1c1ccc(C(C)C)cc1. The fourth-order valence-corrected chi connectivity index (χ4v) is 2.69. The molecule has 16 heavy (non-hydrogen) atoms. The van der Waals surface area contributed by atoms with Crippen molar-refractivity contribution in [3.8, 4) is 0 Å². The molecule has 88 valence electrons. The predicted octanol–water partition coefficient (Wildman–Crippen LogP) is 3.97. The van der Waals surface area contributed by atoms with Gasteiger partial charge in [0.1, 0.15) is 0 Å². The second-order valence-corrected chi connectivity index (χ2v) is 5.11. The molecule has 0 aliphatic carbocycles. The van der Waals surface area contributed by atoms with Gasteiger partial charge in [-0.3, -0.25) is 4.90 Å². The zero-order valence-electron chi connectivity index (χ0n) is 10.7. The van der Waals surface area contributed by atoms with E-state index < -0.39 is 0 Å². The quantitative estimate of drug-likeness (QED) is 0.740. The molecule has 0 radical (unpaired) electrons. The molecule has 1 atom stereocenters. The Kier molecular flexibility index (Phi) is 3.65. The van der Waals surface area contributed by atoms with Gasteiger partial charge in [-0.2, -0.15) is 0 Å². The number of rotatable bonds is 3. The first-order chi connectivity index (χ1) is 7.72. The molecular weight excluding hydrogens is 194 g/mol. The summed E-state index contributed by atoms with van der Waals surface area (Å²) in [6.07, 6.45) is 2.68. The fraction of sp³-hybridized carbons (Fsp3) is 0.600. The van der Waals surface area contributed by atoms with Gasteiger partial charge in [0.05, 0.1) is 0 Å². The van der Waals surface area contributed by atoms with Crippen LogP contribution >= 0.6 is 0 Å². The zero-order valence-corrected chi connectivity index (χ0v) is 10.7.